The molecule has 1 unspecified atom stereocenters. The summed E-state index contributed by atoms with van der Waals surface area (Å²) in [6, 6.07) is 29.4. The Morgan fingerprint density at radius 2 is 0.868 bits per heavy atom. The van der Waals surface area contributed by atoms with Gasteiger partial charge in [0.05, 0.1) is 0 Å². The fraction of sp³-hybridized carbons (Fsp3) is 0.405. The fourth-order valence-electron chi connectivity index (χ4n) is 6.22. The fourth-order valence-corrected chi connectivity index (χ4v) is 11.6. The van der Waals surface area contributed by atoms with Crippen molar-refractivity contribution in [2.24, 2.45) is 0 Å². The maximum absolute atomic E-state index is 2.53. The summed E-state index contributed by atoms with van der Waals surface area (Å²) in [4.78, 5) is 0. The number of benzene rings is 3. The summed E-state index contributed by atoms with van der Waals surface area (Å²) in [5.74, 6) is 0. The topological polar surface area (TPSA) is 0 Å². The maximum atomic E-state index is 2.53. The molecule has 0 saturated carbocycles. The second-order valence-corrected chi connectivity index (χ2v) is 15.4. The molecule has 0 aliphatic heterocycles. The van der Waals surface area contributed by atoms with Gasteiger partial charge in [-0.15, -0.1) is 0 Å². The van der Waals surface area contributed by atoms with Gasteiger partial charge in [0.2, 0.25) is 0 Å². The number of hydrogen-bond acceptors (Lipinski definition) is 0. The van der Waals surface area contributed by atoms with Crippen LogP contribution in [0.4, 0.5) is 0 Å². The van der Waals surface area contributed by atoms with Crippen LogP contribution in [0.25, 0.3) is 0 Å². The highest BCUT2D eigenvalue weighted by molar-refractivity contribution is 7.13. The van der Waals surface area contributed by atoms with E-state index < -0.39 is 8.07 Å². The Morgan fingerprint density at radius 1 is 0.526 bits per heavy atom. The zero-order chi connectivity index (χ0) is 27.0. The van der Waals surface area contributed by atoms with Crippen molar-refractivity contribution in [1.82, 2.24) is 0 Å². The zero-order valence-corrected chi connectivity index (χ0v) is 25.5. The lowest BCUT2D eigenvalue weighted by atomic mass is 10.1. The third-order valence-corrected chi connectivity index (χ3v) is 14.1. The van der Waals surface area contributed by atoms with E-state index >= 15 is 0 Å². The third kappa shape index (κ3) is 5.99. The third-order valence-electron chi connectivity index (χ3n) is 8.78. The predicted molar refractivity (Wildman–Crippen MR) is 171 cm³/mol. The Kier molecular flexibility index (Phi) is 10.0. The molecule has 0 fully saturated rings. The lowest BCUT2D eigenvalue weighted by molar-refractivity contribution is 0.795. The number of unbranched alkanes of at least 4 members (excludes halogenated alkanes) is 3. The second kappa shape index (κ2) is 13.4. The molecular formula is C37H48Si. The van der Waals surface area contributed by atoms with E-state index in [1.807, 2.05) is 0 Å². The summed E-state index contributed by atoms with van der Waals surface area (Å²) < 4.78 is 0. The van der Waals surface area contributed by atoms with E-state index in [0.29, 0.717) is 5.54 Å². The Balaban J connectivity index is 1.91. The standard InChI is InChI=1S/C37H48Si/c1-6-9-12-31-16-22-34(23-17-31)38(37-28-15-29(4)30(37)5,35-24-18-32(19-25-35)13-10-7-2)36-26-20-33(21-27-36)14-11-8-3/h15-28,37H,6-14H2,1-5H3. The number of hydrogen-bond donors (Lipinski definition) is 0. The summed E-state index contributed by atoms with van der Waals surface area (Å²) >= 11 is 0. The molecule has 1 aliphatic rings. The Labute approximate surface area is 233 Å². The molecule has 0 radical (unpaired) electrons. The SMILES string of the molecule is CCCCc1ccc([Si](c2ccc(CCCC)cc2)(c2ccc(CCCC)cc2)C2C=CC(C)=C2C)cc1. The highest BCUT2D eigenvalue weighted by atomic mass is 28.3. The average Bonchev–Trinajstić information content (AvgIpc) is 3.29. The van der Waals surface area contributed by atoms with E-state index in [4.69, 9.17) is 0 Å². The summed E-state index contributed by atoms with van der Waals surface area (Å²) in [6.07, 6.45) is 15.9. The molecule has 38 heavy (non-hydrogen) atoms. The molecule has 4 rings (SSSR count). The summed E-state index contributed by atoms with van der Waals surface area (Å²) in [6.45, 7) is 11.5. The van der Waals surface area contributed by atoms with Crippen molar-refractivity contribution in [2.45, 2.75) is 97.9 Å². The van der Waals surface area contributed by atoms with E-state index in [9.17, 15) is 0 Å². The lowest BCUT2D eigenvalue weighted by Crippen LogP contribution is -2.69. The van der Waals surface area contributed by atoms with E-state index in [1.165, 1.54) is 101 Å². The molecule has 3 aromatic carbocycles. The van der Waals surface area contributed by atoms with Crippen molar-refractivity contribution in [2.75, 3.05) is 0 Å². The van der Waals surface area contributed by atoms with Gasteiger partial charge in [0.15, 0.2) is 8.07 Å². The molecule has 200 valence electrons. The van der Waals surface area contributed by atoms with Crippen molar-refractivity contribution >= 4 is 23.6 Å². The molecule has 0 heterocycles. The first kappa shape index (κ1) is 28.4. The first-order chi connectivity index (χ1) is 18.5. The van der Waals surface area contributed by atoms with Gasteiger partial charge < -0.3 is 0 Å². The molecule has 3 aromatic rings. The molecule has 0 nitrogen and oxygen atoms in total. The van der Waals surface area contributed by atoms with Gasteiger partial charge in [-0.25, -0.2) is 0 Å². The normalized spacial score (nSPS) is 15.4. The van der Waals surface area contributed by atoms with Crippen LogP contribution in [0, 0.1) is 0 Å². The highest BCUT2D eigenvalue weighted by Crippen LogP contribution is 2.38. The highest BCUT2D eigenvalue weighted by Gasteiger charge is 2.47. The minimum absolute atomic E-state index is 0.423. The maximum Gasteiger partial charge on any atom is 0.158 e. The zero-order valence-electron chi connectivity index (χ0n) is 24.5. The molecule has 0 aromatic heterocycles. The van der Waals surface area contributed by atoms with Gasteiger partial charge >= 0.3 is 0 Å². The summed E-state index contributed by atoms with van der Waals surface area (Å²) in [5.41, 5.74) is 7.80. The average molecular weight is 521 g/mol. The van der Waals surface area contributed by atoms with Crippen LogP contribution in [-0.4, -0.2) is 8.07 Å². The van der Waals surface area contributed by atoms with Crippen molar-refractivity contribution < 1.29 is 0 Å². The van der Waals surface area contributed by atoms with Crippen LogP contribution in [0.15, 0.2) is 96.1 Å². The van der Waals surface area contributed by atoms with E-state index in [2.05, 4.69) is 120 Å². The van der Waals surface area contributed by atoms with Gasteiger partial charge in [-0.05, 0) is 84.6 Å². The predicted octanol–water partition coefficient (Wildman–Crippen LogP) is 8.46. The van der Waals surface area contributed by atoms with Crippen LogP contribution in [0.2, 0.25) is 5.54 Å². The van der Waals surface area contributed by atoms with Crippen molar-refractivity contribution in [3.05, 3.63) is 113 Å². The largest absolute Gasteiger partial charge is 0.158 e. The van der Waals surface area contributed by atoms with Crippen LogP contribution < -0.4 is 15.6 Å². The molecule has 0 spiro atoms. The van der Waals surface area contributed by atoms with Crippen molar-refractivity contribution in [1.29, 1.82) is 0 Å². The van der Waals surface area contributed by atoms with E-state index in [-0.39, 0.29) is 0 Å². The van der Waals surface area contributed by atoms with Crippen LogP contribution in [0.3, 0.4) is 0 Å². The molecular weight excluding hydrogens is 472 g/mol. The van der Waals surface area contributed by atoms with Crippen LogP contribution in [0.5, 0.6) is 0 Å². The van der Waals surface area contributed by atoms with Gasteiger partial charge in [-0.1, -0.05) is 136 Å². The molecule has 0 N–H and O–H groups in total. The molecule has 1 atom stereocenters. The number of rotatable bonds is 13. The van der Waals surface area contributed by atoms with Gasteiger partial charge in [0.25, 0.3) is 0 Å². The number of aryl methyl sites for hydroxylation is 3. The Hall–Kier alpha value is -2.64. The first-order valence-corrected chi connectivity index (χ1v) is 17.3. The minimum atomic E-state index is -2.40. The molecule has 0 bridgehead atoms. The Morgan fingerprint density at radius 3 is 1.13 bits per heavy atom. The molecule has 1 heteroatoms. The quantitative estimate of drug-likeness (QED) is 0.157. The lowest BCUT2D eigenvalue weighted by Gasteiger charge is -2.39. The summed E-state index contributed by atoms with van der Waals surface area (Å²) in [7, 11) is -2.40. The number of allylic oxidation sites excluding steroid dienone is 4. The van der Waals surface area contributed by atoms with E-state index in [1.54, 1.807) is 0 Å². The van der Waals surface area contributed by atoms with Crippen LogP contribution in [0.1, 0.15) is 89.8 Å². The molecule has 1 aliphatic carbocycles. The van der Waals surface area contributed by atoms with Crippen LogP contribution >= 0.6 is 0 Å². The monoisotopic (exact) mass is 520 g/mol. The molecule has 0 saturated heterocycles. The van der Waals surface area contributed by atoms with Crippen molar-refractivity contribution in [3.8, 4) is 0 Å². The first-order valence-electron chi connectivity index (χ1n) is 15.2. The minimum Gasteiger partial charge on any atom is -0.0788 e. The van der Waals surface area contributed by atoms with Gasteiger partial charge in [-0.3, -0.25) is 0 Å². The Bertz CT molecular complexity index is 1080. The van der Waals surface area contributed by atoms with Crippen LogP contribution in [-0.2, 0) is 19.3 Å². The van der Waals surface area contributed by atoms with Gasteiger partial charge in [0.1, 0.15) is 0 Å². The van der Waals surface area contributed by atoms with Crippen molar-refractivity contribution in [3.63, 3.8) is 0 Å². The van der Waals surface area contributed by atoms with Gasteiger partial charge in [0, 0.05) is 5.54 Å². The smallest absolute Gasteiger partial charge is 0.0788 e. The summed E-state index contributed by atoms with van der Waals surface area (Å²) in [5, 5.41) is 4.59. The van der Waals surface area contributed by atoms with Gasteiger partial charge in [-0.2, -0.15) is 0 Å². The second-order valence-electron chi connectivity index (χ2n) is 11.4. The molecule has 0 amide bonds. The van der Waals surface area contributed by atoms with E-state index in [0.717, 1.165) is 0 Å².